The molecule has 0 unspecified atom stereocenters. The van der Waals surface area contributed by atoms with E-state index in [1.807, 2.05) is 0 Å². The van der Waals surface area contributed by atoms with Crippen molar-refractivity contribution in [3.63, 3.8) is 0 Å². The predicted molar refractivity (Wildman–Crippen MR) is 46.2 cm³/mol. The maximum absolute atomic E-state index is 5.47. The Morgan fingerprint density at radius 2 is 2.36 bits per heavy atom. The molecule has 0 N–H and O–H groups in total. The molecule has 0 amide bonds. The first kappa shape index (κ1) is 8.62. The fraction of sp³-hybridized carbons (Fsp3) is 0.800. The van der Waals surface area contributed by atoms with Gasteiger partial charge in [-0.1, -0.05) is 25.7 Å². The van der Waals surface area contributed by atoms with Crippen LogP contribution in [0.3, 0.4) is 0 Å². The molecule has 0 bridgehead atoms. The number of hydrogen-bond acceptors (Lipinski definition) is 1. The summed E-state index contributed by atoms with van der Waals surface area (Å²) in [5.74, 6) is 3.33. The Hall–Kier alpha value is -0.480. The quantitative estimate of drug-likeness (QED) is 0.551. The van der Waals surface area contributed by atoms with Gasteiger partial charge in [0.25, 0.3) is 0 Å². The van der Waals surface area contributed by atoms with Gasteiger partial charge in [0.05, 0.1) is 6.10 Å². The van der Waals surface area contributed by atoms with Crippen molar-refractivity contribution in [3.05, 3.63) is 0 Å². The standard InChI is InChI=1S/C10H16O/c1-3-7-11-10-6-4-5-9(2)8-10/h1,9-10H,4-8H2,2H3/t9-,10+/m1/s1. The molecule has 2 atom stereocenters. The van der Waals surface area contributed by atoms with Crippen LogP contribution in [0, 0.1) is 18.3 Å². The number of rotatable bonds is 2. The lowest BCUT2D eigenvalue weighted by Crippen LogP contribution is -2.21. The molecule has 0 aromatic carbocycles. The monoisotopic (exact) mass is 152 g/mol. The third kappa shape index (κ3) is 2.95. The molecule has 62 valence electrons. The molecule has 1 aliphatic carbocycles. The molecule has 0 aromatic heterocycles. The van der Waals surface area contributed by atoms with Crippen LogP contribution in [-0.4, -0.2) is 12.7 Å². The molecule has 0 spiro atoms. The van der Waals surface area contributed by atoms with Gasteiger partial charge in [0, 0.05) is 0 Å². The van der Waals surface area contributed by atoms with Crippen LogP contribution in [0.1, 0.15) is 32.6 Å². The van der Waals surface area contributed by atoms with E-state index in [0.717, 1.165) is 5.92 Å². The average Bonchev–Trinajstić information content (AvgIpc) is 2.01. The highest BCUT2D eigenvalue weighted by molar-refractivity contribution is 4.84. The zero-order valence-corrected chi connectivity index (χ0v) is 7.18. The smallest absolute Gasteiger partial charge is 0.107 e. The fourth-order valence-electron chi connectivity index (χ4n) is 1.70. The van der Waals surface area contributed by atoms with Crippen molar-refractivity contribution in [1.82, 2.24) is 0 Å². The van der Waals surface area contributed by atoms with Crippen molar-refractivity contribution in [2.75, 3.05) is 6.61 Å². The second-order valence-corrected chi connectivity index (χ2v) is 3.41. The minimum atomic E-state index is 0.440. The number of hydrogen-bond donors (Lipinski definition) is 0. The second-order valence-electron chi connectivity index (χ2n) is 3.41. The van der Waals surface area contributed by atoms with Gasteiger partial charge in [-0.05, 0) is 18.8 Å². The van der Waals surface area contributed by atoms with Crippen LogP contribution < -0.4 is 0 Å². The Bertz CT molecular complexity index is 145. The van der Waals surface area contributed by atoms with Crippen LogP contribution in [0.15, 0.2) is 0 Å². The van der Waals surface area contributed by atoms with E-state index in [1.54, 1.807) is 0 Å². The number of terminal acetylenes is 1. The Balaban J connectivity index is 2.18. The molecule has 0 aromatic rings. The molecule has 1 saturated carbocycles. The van der Waals surface area contributed by atoms with E-state index in [-0.39, 0.29) is 0 Å². The summed E-state index contributed by atoms with van der Waals surface area (Å²) in [5, 5.41) is 0. The molecular formula is C10H16O. The summed E-state index contributed by atoms with van der Waals surface area (Å²) in [4.78, 5) is 0. The fourth-order valence-corrected chi connectivity index (χ4v) is 1.70. The van der Waals surface area contributed by atoms with Crippen LogP contribution in [0.25, 0.3) is 0 Å². The van der Waals surface area contributed by atoms with Gasteiger partial charge in [0.15, 0.2) is 0 Å². The molecule has 1 aliphatic rings. The van der Waals surface area contributed by atoms with Crippen LogP contribution in [0.2, 0.25) is 0 Å². The molecule has 1 nitrogen and oxygen atoms in total. The topological polar surface area (TPSA) is 9.23 Å². The Labute approximate surface area is 69.1 Å². The minimum absolute atomic E-state index is 0.440. The summed E-state index contributed by atoms with van der Waals surface area (Å²) in [6.07, 6.45) is 10.6. The molecule has 1 fully saturated rings. The van der Waals surface area contributed by atoms with E-state index in [9.17, 15) is 0 Å². The van der Waals surface area contributed by atoms with E-state index in [4.69, 9.17) is 11.2 Å². The van der Waals surface area contributed by atoms with Crippen molar-refractivity contribution in [3.8, 4) is 12.3 Å². The Kier molecular flexibility index (Phi) is 3.45. The zero-order valence-electron chi connectivity index (χ0n) is 7.18. The lowest BCUT2D eigenvalue weighted by Gasteiger charge is -2.25. The average molecular weight is 152 g/mol. The first-order valence-corrected chi connectivity index (χ1v) is 4.38. The van der Waals surface area contributed by atoms with Crippen LogP contribution in [-0.2, 0) is 4.74 Å². The maximum atomic E-state index is 5.47. The van der Waals surface area contributed by atoms with Crippen molar-refractivity contribution < 1.29 is 4.74 Å². The summed E-state index contributed by atoms with van der Waals surface area (Å²) in [5.41, 5.74) is 0. The third-order valence-corrected chi connectivity index (χ3v) is 2.29. The molecule has 1 heteroatoms. The highest BCUT2D eigenvalue weighted by atomic mass is 16.5. The van der Waals surface area contributed by atoms with Crippen molar-refractivity contribution in [1.29, 1.82) is 0 Å². The molecule has 0 saturated heterocycles. The van der Waals surface area contributed by atoms with Crippen LogP contribution in [0.4, 0.5) is 0 Å². The normalized spacial score (nSPS) is 31.3. The number of ether oxygens (including phenoxy) is 1. The van der Waals surface area contributed by atoms with E-state index >= 15 is 0 Å². The van der Waals surface area contributed by atoms with Crippen molar-refractivity contribution in [2.24, 2.45) is 5.92 Å². The van der Waals surface area contributed by atoms with E-state index < -0.39 is 0 Å². The highest BCUT2D eigenvalue weighted by Crippen LogP contribution is 2.25. The van der Waals surface area contributed by atoms with E-state index in [2.05, 4.69) is 12.8 Å². The van der Waals surface area contributed by atoms with Gasteiger partial charge < -0.3 is 4.74 Å². The Morgan fingerprint density at radius 1 is 1.55 bits per heavy atom. The first-order valence-electron chi connectivity index (χ1n) is 4.38. The molecule has 1 rings (SSSR count). The maximum Gasteiger partial charge on any atom is 0.107 e. The molecule has 0 aliphatic heterocycles. The second kappa shape index (κ2) is 4.41. The van der Waals surface area contributed by atoms with Gasteiger partial charge in [-0.15, -0.1) is 6.42 Å². The molecule has 0 radical (unpaired) electrons. The van der Waals surface area contributed by atoms with Gasteiger partial charge in [-0.25, -0.2) is 0 Å². The van der Waals surface area contributed by atoms with Crippen LogP contribution in [0.5, 0.6) is 0 Å². The summed E-state index contributed by atoms with van der Waals surface area (Å²) < 4.78 is 5.47. The summed E-state index contributed by atoms with van der Waals surface area (Å²) in [6.45, 7) is 2.77. The summed E-state index contributed by atoms with van der Waals surface area (Å²) >= 11 is 0. The summed E-state index contributed by atoms with van der Waals surface area (Å²) in [7, 11) is 0. The SMILES string of the molecule is C#CCO[C@H]1CCC[C@@H](C)C1. The minimum Gasteiger partial charge on any atom is -0.366 e. The Morgan fingerprint density at radius 3 is 3.00 bits per heavy atom. The van der Waals surface area contributed by atoms with Gasteiger partial charge in [-0.2, -0.15) is 0 Å². The van der Waals surface area contributed by atoms with E-state index in [1.165, 1.54) is 25.7 Å². The van der Waals surface area contributed by atoms with Crippen molar-refractivity contribution >= 4 is 0 Å². The van der Waals surface area contributed by atoms with Gasteiger partial charge in [0.2, 0.25) is 0 Å². The van der Waals surface area contributed by atoms with Crippen molar-refractivity contribution in [2.45, 2.75) is 38.7 Å². The zero-order chi connectivity index (χ0) is 8.10. The summed E-state index contributed by atoms with van der Waals surface area (Å²) in [6, 6.07) is 0. The largest absolute Gasteiger partial charge is 0.366 e. The third-order valence-electron chi connectivity index (χ3n) is 2.29. The van der Waals surface area contributed by atoms with E-state index in [0.29, 0.717) is 12.7 Å². The highest BCUT2D eigenvalue weighted by Gasteiger charge is 2.18. The lowest BCUT2D eigenvalue weighted by molar-refractivity contribution is 0.0350. The van der Waals surface area contributed by atoms with Crippen LogP contribution >= 0.6 is 0 Å². The van der Waals surface area contributed by atoms with Gasteiger partial charge >= 0.3 is 0 Å². The lowest BCUT2D eigenvalue weighted by atomic mass is 9.89. The predicted octanol–water partition coefficient (Wildman–Crippen LogP) is 2.21. The molecule has 0 heterocycles. The molecular weight excluding hydrogens is 136 g/mol. The molecule has 11 heavy (non-hydrogen) atoms. The first-order chi connectivity index (χ1) is 5.33. The van der Waals surface area contributed by atoms with Gasteiger partial charge in [0.1, 0.15) is 6.61 Å². The van der Waals surface area contributed by atoms with Gasteiger partial charge in [-0.3, -0.25) is 0 Å².